The smallest absolute Gasteiger partial charge is 0.342 e. The van der Waals surface area contributed by atoms with E-state index in [1.165, 1.54) is 25.3 Å². The molecule has 30 heavy (non-hydrogen) atoms. The highest BCUT2D eigenvalue weighted by atomic mass is 32.2. The van der Waals surface area contributed by atoms with Crippen LogP contribution in [0.5, 0.6) is 0 Å². The number of anilines is 1. The molecule has 0 unspecified atom stereocenters. The molecular weight excluding hydrogens is 414 g/mol. The quantitative estimate of drug-likeness (QED) is 0.420. The van der Waals surface area contributed by atoms with Crippen LogP contribution in [0.15, 0.2) is 51.8 Å². The van der Waals surface area contributed by atoms with Crippen LogP contribution in [0.2, 0.25) is 0 Å². The minimum absolute atomic E-state index is 0.0651. The van der Waals surface area contributed by atoms with Crippen molar-refractivity contribution in [1.82, 2.24) is 0 Å². The largest absolute Gasteiger partial charge is 0.545 e. The molecule has 0 aliphatic heterocycles. The van der Waals surface area contributed by atoms with E-state index in [4.69, 9.17) is 13.9 Å². The van der Waals surface area contributed by atoms with E-state index in [1.54, 1.807) is 6.92 Å². The van der Waals surface area contributed by atoms with Crippen molar-refractivity contribution in [1.29, 1.82) is 0 Å². The molecule has 0 atom stereocenters. The first-order valence-corrected chi connectivity index (χ1v) is 10.2. The lowest BCUT2D eigenvalue weighted by atomic mass is 10.1. The molecule has 0 spiro atoms. The molecule has 9 nitrogen and oxygen atoms in total. The predicted molar refractivity (Wildman–Crippen MR) is 105 cm³/mol. The summed E-state index contributed by atoms with van der Waals surface area (Å²) in [5, 5.41) is 11.2. The first-order valence-electron chi connectivity index (χ1n) is 8.76. The maximum absolute atomic E-state index is 12.6. The number of nitrogens with one attached hydrogen (secondary N) is 1. The van der Waals surface area contributed by atoms with Gasteiger partial charge in [-0.15, -0.1) is 0 Å². The fraction of sp³-hybridized carbons (Fsp3) is 0.200. The number of sulfonamides is 1. The van der Waals surface area contributed by atoms with E-state index < -0.39 is 22.0 Å². The zero-order valence-corrected chi connectivity index (χ0v) is 16.9. The van der Waals surface area contributed by atoms with Gasteiger partial charge in [0.15, 0.2) is 0 Å². The van der Waals surface area contributed by atoms with Gasteiger partial charge < -0.3 is 23.8 Å². The van der Waals surface area contributed by atoms with Crippen LogP contribution in [-0.4, -0.2) is 40.7 Å². The summed E-state index contributed by atoms with van der Waals surface area (Å²) >= 11 is 0. The van der Waals surface area contributed by atoms with Crippen molar-refractivity contribution < 1.29 is 37.0 Å². The van der Waals surface area contributed by atoms with Gasteiger partial charge in [-0.2, -0.15) is 0 Å². The van der Waals surface area contributed by atoms with Gasteiger partial charge in [0.2, 0.25) is 0 Å². The summed E-state index contributed by atoms with van der Waals surface area (Å²) in [6.07, 6.45) is 0. The number of hydrogen-bond donors (Lipinski definition) is 1. The number of fused-ring (bicyclic) bond motifs is 1. The zero-order chi connectivity index (χ0) is 21.9. The average molecular weight is 432 g/mol. The summed E-state index contributed by atoms with van der Waals surface area (Å²) < 4.78 is 43.2. The van der Waals surface area contributed by atoms with Crippen LogP contribution in [0.3, 0.4) is 0 Å². The van der Waals surface area contributed by atoms with E-state index in [1.807, 2.05) is 0 Å². The van der Waals surface area contributed by atoms with Crippen LogP contribution >= 0.6 is 0 Å². The molecule has 0 amide bonds. The molecule has 0 aliphatic carbocycles. The number of ether oxygens (including phenoxy) is 2. The third-order valence-electron chi connectivity index (χ3n) is 4.24. The number of carboxylic acid groups (broad SMARTS) is 1. The third-order valence-corrected chi connectivity index (χ3v) is 5.64. The van der Waals surface area contributed by atoms with Gasteiger partial charge in [0.25, 0.3) is 10.0 Å². The standard InChI is InChI=1S/C20H19NO8S/c1-12-18(20(24)28-10-9-27-2)16-11-14(5-8-17(16)29-12)21-30(25,26)15-6-3-13(4-7-15)19(22)23/h3-8,11,21H,9-10H2,1-2H3,(H,22,23)/p-1. The maximum atomic E-state index is 12.6. The van der Waals surface area contributed by atoms with E-state index in [2.05, 4.69) is 4.72 Å². The molecule has 0 saturated heterocycles. The first-order chi connectivity index (χ1) is 14.2. The maximum Gasteiger partial charge on any atom is 0.342 e. The van der Waals surface area contributed by atoms with Crippen molar-refractivity contribution in [2.45, 2.75) is 11.8 Å². The minimum Gasteiger partial charge on any atom is -0.545 e. The Morgan fingerprint density at radius 1 is 1.10 bits per heavy atom. The van der Waals surface area contributed by atoms with Gasteiger partial charge in [-0.3, -0.25) is 4.72 Å². The summed E-state index contributed by atoms with van der Waals surface area (Å²) in [7, 11) is -2.51. The monoisotopic (exact) mass is 432 g/mol. The van der Waals surface area contributed by atoms with Crippen LogP contribution in [0, 0.1) is 6.92 Å². The van der Waals surface area contributed by atoms with Crippen LogP contribution in [-0.2, 0) is 19.5 Å². The topological polar surface area (TPSA) is 135 Å². The molecule has 10 heteroatoms. The number of aromatic carboxylic acids is 1. The molecule has 0 saturated carbocycles. The summed E-state index contributed by atoms with van der Waals surface area (Å²) in [5.41, 5.74) is 0.645. The molecule has 2 aromatic carbocycles. The van der Waals surface area contributed by atoms with Gasteiger partial charge in [0.1, 0.15) is 23.5 Å². The highest BCUT2D eigenvalue weighted by molar-refractivity contribution is 7.92. The van der Waals surface area contributed by atoms with Crippen molar-refractivity contribution in [3.8, 4) is 0 Å². The van der Waals surface area contributed by atoms with Crippen molar-refractivity contribution in [2.24, 2.45) is 0 Å². The number of esters is 1. The summed E-state index contributed by atoms with van der Waals surface area (Å²) in [6.45, 7) is 1.91. The second-order valence-corrected chi connectivity index (χ2v) is 7.97. The van der Waals surface area contributed by atoms with Crippen molar-refractivity contribution in [2.75, 3.05) is 25.0 Å². The lowest BCUT2D eigenvalue weighted by molar-refractivity contribution is -0.255. The average Bonchev–Trinajstić information content (AvgIpc) is 3.03. The van der Waals surface area contributed by atoms with Gasteiger partial charge in [-0.1, -0.05) is 12.1 Å². The molecule has 0 bridgehead atoms. The number of carboxylic acids is 1. The number of hydrogen-bond acceptors (Lipinski definition) is 8. The number of furan rings is 1. The van der Waals surface area contributed by atoms with E-state index in [9.17, 15) is 23.1 Å². The van der Waals surface area contributed by atoms with Crippen LogP contribution in [0.1, 0.15) is 26.5 Å². The highest BCUT2D eigenvalue weighted by Crippen LogP contribution is 2.29. The van der Waals surface area contributed by atoms with E-state index in [0.717, 1.165) is 24.3 Å². The number of aryl methyl sites for hydroxylation is 1. The normalized spacial score (nSPS) is 11.4. The van der Waals surface area contributed by atoms with E-state index >= 15 is 0 Å². The number of methoxy groups -OCH3 is 1. The Morgan fingerprint density at radius 3 is 2.43 bits per heavy atom. The molecule has 3 aromatic rings. The van der Waals surface area contributed by atoms with Crippen molar-refractivity contribution in [3.05, 3.63) is 59.4 Å². The fourth-order valence-corrected chi connectivity index (χ4v) is 3.86. The molecule has 158 valence electrons. The molecule has 1 N–H and O–H groups in total. The molecular formula is C20H18NO8S-. The number of carbonyl (C=O) groups excluding carboxylic acids is 2. The number of benzene rings is 2. The van der Waals surface area contributed by atoms with Gasteiger partial charge in [-0.25, -0.2) is 13.2 Å². The van der Waals surface area contributed by atoms with E-state index in [0.29, 0.717) is 16.7 Å². The molecule has 0 aliphatic rings. The number of carbonyl (C=O) groups is 2. The Kier molecular flexibility index (Phi) is 6.09. The van der Waals surface area contributed by atoms with Crippen LogP contribution in [0.4, 0.5) is 5.69 Å². The van der Waals surface area contributed by atoms with Crippen molar-refractivity contribution >= 4 is 38.6 Å². The van der Waals surface area contributed by atoms with Gasteiger partial charge in [0.05, 0.1) is 17.5 Å². The lowest BCUT2D eigenvalue weighted by Gasteiger charge is -2.09. The molecule has 1 heterocycles. The molecule has 0 radical (unpaired) electrons. The SMILES string of the molecule is COCCOC(=O)c1c(C)oc2ccc(NS(=O)(=O)c3ccc(C(=O)[O-])cc3)cc12. The third kappa shape index (κ3) is 4.44. The predicted octanol–water partition coefficient (Wildman–Crippen LogP) is 1.71. The van der Waals surface area contributed by atoms with Crippen LogP contribution < -0.4 is 9.83 Å². The Balaban J connectivity index is 1.90. The number of rotatable bonds is 8. The van der Waals surface area contributed by atoms with Gasteiger partial charge in [0, 0.05) is 18.2 Å². The van der Waals surface area contributed by atoms with Gasteiger partial charge in [-0.05, 0) is 42.8 Å². The summed E-state index contributed by atoms with van der Waals surface area (Å²) in [5.74, 6) is -1.68. The minimum atomic E-state index is -3.99. The van der Waals surface area contributed by atoms with E-state index in [-0.39, 0.29) is 34.9 Å². The Hall–Kier alpha value is -3.37. The second-order valence-electron chi connectivity index (χ2n) is 6.29. The highest BCUT2D eigenvalue weighted by Gasteiger charge is 2.21. The van der Waals surface area contributed by atoms with Crippen LogP contribution in [0.25, 0.3) is 11.0 Å². The summed E-state index contributed by atoms with van der Waals surface area (Å²) in [6, 6.07) is 9.08. The van der Waals surface area contributed by atoms with Crippen molar-refractivity contribution in [3.63, 3.8) is 0 Å². The molecule has 1 aromatic heterocycles. The Bertz CT molecular complexity index is 1200. The molecule has 3 rings (SSSR count). The second kappa shape index (κ2) is 8.56. The Labute approximate surface area is 172 Å². The Morgan fingerprint density at radius 2 is 1.80 bits per heavy atom. The fourth-order valence-electron chi connectivity index (χ4n) is 2.81. The first kappa shape index (κ1) is 21.3. The van der Waals surface area contributed by atoms with Gasteiger partial charge >= 0.3 is 5.97 Å². The lowest BCUT2D eigenvalue weighted by Crippen LogP contribution is -2.22. The zero-order valence-electron chi connectivity index (χ0n) is 16.1. The summed E-state index contributed by atoms with van der Waals surface area (Å²) in [4.78, 5) is 23.1. The molecule has 0 fully saturated rings.